The Morgan fingerprint density at radius 1 is 1.09 bits per heavy atom. The average molecular weight is 697 g/mol. The zero-order chi connectivity index (χ0) is 34.5. The number of hydrogen-bond acceptors (Lipinski definition) is 8. The molecule has 47 heavy (non-hydrogen) atoms. The Kier molecular flexibility index (Phi) is 9.08. The number of carbonyl (C=O) groups is 2. The molecule has 2 aliphatic rings. The molecule has 3 heterocycles. The molecule has 1 saturated carbocycles. The van der Waals surface area contributed by atoms with Crippen LogP contribution >= 0.6 is 0 Å². The number of aromatic nitrogens is 4. The van der Waals surface area contributed by atoms with E-state index >= 15 is 4.39 Å². The second kappa shape index (κ2) is 12.4. The minimum Gasteiger partial charge on any atom is -0.340 e. The molecule has 1 aliphatic heterocycles. The van der Waals surface area contributed by atoms with Crippen molar-refractivity contribution in [3.63, 3.8) is 0 Å². The normalized spacial score (nSPS) is 20.7. The van der Waals surface area contributed by atoms with Crippen LogP contribution in [0.1, 0.15) is 78.6 Å². The number of aryl methyl sites for hydroxylation is 1. The van der Waals surface area contributed by atoms with E-state index in [4.69, 9.17) is 0 Å². The number of nitrogens with zero attached hydrogens (tertiary/aromatic N) is 4. The van der Waals surface area contributed by atoms with Gasteiger partial charge in [-0.1, -0.05) is 18.1 Å². The number of sulfone groups is 1. The summed E-state index contributed by atoms with van der Waals surface area (Å²) in [5.74, 6) is -18.6. The molecule has 19 heteroatoms. The molecular weight excluding hydrogens is 665 g/mol. The second-order valence-corrected chi connectivity index (χ2v) is 14.5. The number of aromatic amines is 1. The van der Waals surface area contributed by atoms with E-state index in [1.54, 1.807) is 0 Å². The third-order valence-corrected chi connectivity index (χ3v) is 10.5. The first-order chi connectivity index (χ1) is 21.8. The van der Waals surface area contributed by atoms with Crippen LogP contribution in [0.2, 0.25) is 0 Å². The fourth-order valence-electron chi connectivity index (χ4n) is 5.94. The molecule has 258 valence electrons. The maximum Gasteiger partial charge on any atom is 0.329 e. The van der Waals surface area contributed by atoms with E-state index in [2.05, 4.69) is 30.2 Å². The number of hydrogen-bond donors (Lipinski definition) is 2. The number of alkyl halides is 6. The molecule has 5 rings (SSSR count). The van der Waals surface area contributed by atoms with Crippen molar-refractivity contribution in [1.82, 2.24) is 30.5 Å². The summed E-state index contributed by atoms with van der Waals surface area (Å²) in [4.78, 5) is 33.8. The number of halogens is 7. The molecule has 2 atom stereocenters. The highest BCUT2D eigenvalue weighted by Crippen LogP contribution is 2.44. The van der Waals surface area contributed by atoms with Gasteiger partial charge < -0.3 is 15.2 Å². The Bertz CT molecular complexity index is 1750. The van der Waals surface area contributed by atoms with E-state index in [1.807, 2.05) is 0 Å². The molecule has 2 N–H and O–H groups in total. The first-order valence-corrected chi connectivity index (χ1v) is 16.6. The molecule has 0 bridgehead atoms. The van der Waals surface area contributed by atoms with Crippen LogP contribution in [0.5, 0.6) is 0 Å². The molecule has 1 unspecified atom stereocenters. The predicted octanol–water partition coefficient (Wildman–Crippen LogP) is 4.71. The van der Waals surface area contributed by atoms with Crippen LogP contribution in [0.15, 0.2) is 16.8 Å². The zero-order valence-corrected chi connectivity index (χ0v) is 26.0. The Balaban J connectivity index is 1.52. The van der Waals surface area contributed by atoms with E-state index in [1.165, 1.54) is 19.9 Å². The van der Waals surface area contributed by atoms with Crippen molar-refractivity contribution in [2.24, 2.45) is 5.92 Å². The number of benzene rings is 1. The van der Waals surface area contributed by atoms with Gasteiger partial charge in [0.1, 0.15) is 26.9 Å². The van der Waals surface area contributed by atoms with Crippen molar-refractivity contribution in [1.29, 1.82) is 0 Å². The smallest absolute Gasteiger partial charge is 0.329 e. The number of amides is 2. The van der Waals surface area contributed by atoms with Gasteiger partial charge in [-0.2, -0.15) is 17.6 Å². The topological polar surface area (TPSA) is 151 Å². The Labute approximate surface area is 263 Å². The van der Waals surface area contributed by atoms with Crippen molar-refractivity contribution in [2.75, 3.05) is 24.6 Å². The van der Waals surface area contributed by atoms with Crippen LogP contribution in [-0.2, 0) is 14.6 Å². The SMILES string of the molecule is CCS(=O)(=O)CCC(C(=O)N1CC(F)(F)C(F)(F)C1)c1ccc2[nH]c([C@@H](NC(=O)c3nonc3C)C3CCC(F)(F)CC3)nc2c1F. The Morgan fingerprint density at radius 3 is 2.30 bits per heavy atom. The van der Waals surface area contributed by atoms with E-state index in [0.717, 1.165) is 6.07 Å². The number of likely N-dealkylation sites (tertiary alicyclic amines) is 1. The van der Waals surface area contributed by atoms with E-state index in [-0.39, 0.29) is 46.2 Å². The van der Waals surface area contributed by atoms with Gasteiger partial charge in [-0.05, 0) is 43.3 Å². The first-order valence-electron chi connectivity index (χ1n) is 14.8. The zero-order valence-electron chi connectivity index (χ0n) is 25.1. The lowest BCUT2D eigenvalue weighted by Crippen LogP contribution is -2.38. The molecule has 2 fully saturated rings. The Morgan fingerprint density at radius 2 is 1.72 bits per heavy atom. The lowest BCUT2D eigenvalue weighted by Gasteiger charge is -2.33. The van der Waals surface area contributed by atoms with Crippen LogP contribution in [0, 0.1) is 18.7 Å². The quantitative estimate of drug-likeness (QED) is 0.290. The molecule has 0 spiro atoms. The lowest BCUT2D eigenvalue weighted by atomic mass is 9.81. The monoisotopic (exact) mass is 696 g/mol. The second-order valence-electron chi connectivity index (χ2n) is 12.0. The van der Waals surface area contributed by atoms with Gasteiger partial charge in [0.05, 0.1) is 36.3 Å². The lowest BCUT2D eigenvalue weighted by molar-refractivity contribution is -0.172. The van der Waals surface area contributed by atoms with E-state index < -0.39 is 112 Å². The summed E-state index contributed by atoms with van der Waals surface area (Å²) < 4.78 is 129. The summed E-state index contributed by atoms with van der Waals surface area (Å²) in [7, 11) is -3.76. The molecule has 0 radical (unpaired) electrons. The predicted molar refractivity (Wildman–Crippen MR) is 150 cm³/mol. The fourth-order valence-corrected chi connectivity index (χ4v) is 6.83. The van der Waals surface area contributed by atoms with Gasteiger partial charge in [-0.15, -0.1) is 0 Å². The number of carbonyl (C=O) groups excluding carboxylic acids is 2. The van der Waals surface area contributed by atoms with Gasteiger partial charge in [0.2, 0.25) is 11.8 Å². The third kappa shape index (κ3) is 6.94. The van der Waals surface area contributed by atoms with Crippen LogP contribution in [-0.4, -0.2) is 87.8 Å². The van der Waals surface area contributed by atoms with Crippen molar-refractivity contribution < 1.29 is 53.4 Å². The highest BCUT2D eigenvalue weighted by Gasteiger charge is 2.64. The van der Waals surface area contributed by atoms with Crippen LogP contribution < -0.4 is 5.32 Å². The van der Waals surface area contributed by atoms with Gasteiger partial charge in [-0.3, -0.25) is 9.59 Å². The number of rotatable bonds is 10. The summed E-state index contributed by atoms with van der Waals surface area (Å²) in [6, 6.07) is 1.30. The van der Waals surface area contributed by atoms with Crippen molar-refractivity contribution in [3.8, 4) is 0 Å². The molecule has 2 aromatic heterocycles. The fraction of sp³-hybridized carbons (Fsp3) is 0.607. The maximum atomic E-state index is 16.2. The number of fused-ring (bicyclic) bond motifs is 1. The molecule has 1 saturated heterocycles. The third-order valence-electron chi connectivity index (χ3n) is 8.78. The minimum atomic E-state index is -4.55. The summed E-state index contributed by atoms with van der Waals surface area (Å²) in [6.07, 6.45) is -1.63. The van der Waals surface area contributed by atoms with Gasteiger partial charge in [-0.25, -0.2) is 31.2 Å². The first kappa shape index (κ1) is 34.6. The summed E-state index contributed by atoms with van der Waals surface area (Å²) in [6.45, 7) is -0.508. The molecule has 11 nitrogen and oxygen atoms in total. The summed E-state index contributed by atoms with van der Waals surface area (Å²) in [5.41, 5.74) is -0.862. The van der Waals surface area contributed by atoms with Crippen molar-refractivity contribution in [3.05, 3.63) is 40.7 Å². The molecule has 1 aliphatic carbocycles. The highest BCUT2D eigenvalue weighted by molar-refractivity contribution is 7.91. The standard InChI is InChI=1S/C28H31F7N6O5S/c1-3-47(44,45)11-8-17(25(43)41-12-27(32,33)28(34,35)13-41)16-4-5-18-22(19(16)29)37-23(36-18)21(15-6-9-26(30,31)10-7-15)38-24(42)20-14(2)39-46-40-20/h4-5,15,17,21H,3,6-13H2,1-2H3,(H,36,37)(H,38,42)/t17?,21-/m0/s1. The minimum absolute atomic E-state index is 0.0348. The highest BCUT2D eigenvalue weighted by atomic mass is 32.2. The molecular formula is C28H31F7N6O5S. The number of nitrogens with one attached hydrogen (secondary N) is 2. The summed E-state index contributed by atoms with van der Waals surface area (Å²) in [5, 5.41) is 9.76. The largest absolute Gasteiger partial charge is 0.340 e. The van der Waals surface area contributed by atoms with Gasteiger partial charge in [0, 0.05) is 24.2 Å². The van der Waals surface area contributed by atoms with Crippen LogP contribution in [0.25, 0.3) is 11.0 Å². The Hall–Kier alpha value is -3.77. The number of imidazole rings is 1. The molecule has 1 aromatic carbocycles. The van der Waals surface area contributed by atoms with Crippen molar-refractivity contribution >= 4 is 32.7 Å². The average Bonchev–Trinajstić information content (AvgIpc) is 3.68. The van der Waals surface area contributed by atoms with Gasteiger partial charge in [0.25, 0.3) is 5.91 Å². The summed E-state index contributed by atoms with van der Waals surface area (Å²) >= 11 is 0. The molecule has 3 aromatic rings. The molecule has 2 amide bonds. The van der Waals surface area contributed by atoms with Crippen LogP contribution in [0.3, 0.4) is 0 Å². The van der Waals surface area contributed by atoms with Gasteiger partial charge in [0.15, 0.2) is 11.5 Å². The number of H-pyrrole nitrogens is 1. The van der Waals surface area contributed by atoms with Crippen molar-refractivity contribution in [2.45, 2.75) is 75.7 Å². The van der Waals surface area contributed by atoms with Gasteiger partial charge >= 0.3 is 11.8 Å². The van der Waals surface area contributed by atoms with E-state index in [9.17, 15) is 44.3 Å². The van der Waals surface area contributed by atoms with E-state index in [0.29, 0.717) is 0 Å². The van der Waals surface area contributed by atoms with Crippen LogP contribution in [0.4, 0.5) is 30.7 Å². The maximum absolute atomic E-state index is 16.2.